The van der Waals surface area contributed by atoms with Crippen LogP contribution < -0.4 is 0 Å². The summed E-state index contributed by atoms with van der Waals surface area (Å²) in [6, 6.07) is 0. The average molecular weight is 170 g/mol. The van der Waals surface area contributed by atoms with Crippen molar-refractivity contribution in [2.45, 2.75) is 32.3 Å². The van der Waals surface area contributed by atoms with Gasteiger partial charge in [0, 0.05) is 6.42 Å². The van der Waals surface area contributed by atoms with E-state index in [4.69, 9.17) is 11.5 Å². The number of terminal acetylenes is 1. The molecule has 68 valence electrons. The molecular formula is C9H14O3. The molecule has 3 heteroatoms. The lowest BCUT2D eigenvalue weighted by atomic mass is 10.00. The third kappa shape index (κ3) is 3.99. The summed E-state index contributed by atoms with van der Waals surface area (Å²) in [6.07, 6.45) is 5.94. The zero-order valence-electron chi connectivity index (χ0n) is 7.16. The molecule has 2 unspecified atom stereocenters. The number of carboxylic acids is 1. The highest BCUT2D eigenvalue weighted by atomic mass is 16.4. The van der Waals surface area contributed by atoms with Gasteiger partial charge in [-0.05, 0) is 19.8 Å². The lowest BCUT2D eigenvalue weighted by Crippen LogP contribution is -2.25. The second-order valence-corrected chi connectivity index (χ2v) is 2.79. The first-order valence-corrected chi connectivity index (χ1v) is 3.94. The summed E-state index contributed by atoms with van der Waals surface area (Å²) in [5.74, 6) is 0.758. The van der Waals surface area contributed by atoms with Crippen LogP contribution in [0.5, 0.6) is 0 Å². The Morgan fingerprint density at radius 2 is 2.25 bits per heavy atom. The quantitative estimate of drug-likeness (QED) is 0.475. The molecular weight excluding hydrogens is 156 g/mol. The van der Waals surface area contributed by atoms with Crippen LogP contribution in [0, 0.1) is 18.3 Å². The zero-order chi connectivity index (χ0) is 9.56. The van der Waals surface area contributed by atoms with Gasteiger partial charge in [-0.2, -0.15) is 0 Å². The average Bonchev–Trinajstić information content (AvgIpc) is 2.03. The van der Waals surface area contributed by atoms with Crippen LogP contribution in [0.1, 0.15) is 26.2 Å². The first-order valence-electron chi connectivity index (χ1n) is 3.94. The largest absolute Gasteiger partial charge is 0.481 e. The van der Waals surface area contributed by atoms with Gasteiger partial charge >= 0.3 is 5.97 Å². The van der Waals surface area contributed by atoms with Gasteiger partial charge in [0.2, 0.25) is 0 Å². The van der Waals surface area contributed by atoms with Gasteiger partial charge in [-0.1, -0.05) is 0 Å². The van der Waals surface area contributed by atoms with E-state index in [1.165, 1.54) is 6.92 Å². The second kappa shape index (κ2) is 5.62. The second-order valence-electron chi connectivity index (χ2n) is 2.79. The van der Waals surface area contributed by atoms with Crippen LogP contribution in [0.3, 0.4) is 0 Å². The molecule has 0 bridgehead atoms. The first kappa shape index (κ1) is 11.0. The Kier molecular flexibility index (Phi) is 5.14. The topological polar surface area (TPSA) is 57.5 Å². The molecule has 0 aromatic rings. The number of hydrogen-bond acceptors (Lipinski definition) is 2. The third-order valence-electron chi connectivity index (χ3n) is 1.79. The first-order chi connectivity index (χ1) is 5.59. The van der Waals surface area contributed by atoms with Gasteiger partial charge in [0.05, 0.1) is 12.0 Å². The molecule has 0 radical (unpaired) electrons. The van der Waals surface area contributed by atoms with E-state index < -0.39 is 18.0 Å². The molecule has 0 rings (SSSR count). The van der Waals surface area contributed by atoms with Gasteiger partial charge in [0.1, 0.15) is 0 Å². The van der Waals surface area contributed by atoms with E-state index in [-0.39, 0.29) is 0 Å². The summed E-state index contributed by atoms with van der Waals surface area (Å²) in [7, 11) is 0. The molecule has 0 amide bonds. The van der Waals surface area contributed by atoms with E-state index in [1.54, 1.807) is 0 Å². The molecule has 3 nitrogen and oxygen atoms in total. The Labute approximate surface area is 72.4 Å². The van der Waals surface area contributed by atoms with Gasteiger partial charge in [-0.25, -0.2) is 0 Å². The number of hydrogen-bond donors (Lipinski definition) is 2. The zero-order valence-corrected chi connectivity index (χ0v) is 7.16. The van der Waals surface area contributed by atoms with E-state index in [1.807, 2.05) is 0 Å². The van der Waals surface area contributed by atoms with Crippen molar-refractivity contribution in [3.8, 4) is 12.3 Å². The maximum absolute atomic E-state index is 10.4. The molecule has 0 saturated heterocycles. The smallest absolute Gasteiger partial charge is 0.308 e. The molecule has 0 aliphatic rings. The molecule has 0 fully saturated rings. The Morgan fingerprint density at radius 1 is 1.67 bits per heavy atom. The molecule has 0 aliphatic heterocycles. The third-order valence-corrected chi connectivity index (χ3v) is 1.79. The highest BCUT2D eigenvalue weighted by Crippen LogP contribution is 2.10. The number of aliphatic carboxylic acids is 1. The minimum atomic E-state index is -0.969. The standard InChI is InChI=1S/C9H14O3/c1-3-4-5-6-8(10)7(2)9(11)12/h1,7-8,10H,4-6H2,2H3,(H,11,12). The monoisotopic (exact) mass is 170 g/mol. The maximum atomic E-state index is 10.4. The lowest BCUT2D eigenvalue weighted by molar-refractivity contribution is -0.144. The molecule has 0 spiro atoms. The summed E-state index contributed by atoms with van der Waals surface area (Å²) in [5.41, 5.74) is 0. The number of rotatable bonds is 5. The van der Waals surface area contributed by atoms with Crippen molar-refractivity contribution in [1.29, 1.82) is 0 Å². The van der Waals surface area contributed by atoms with Crippen molar-refractivity contribution in [2.75, 3.05) is 0 Å². The van der Waals surface area contributed by atoms with Crippen molar-refractivity contribution in [2.24, 2.45) is 5.92 Å². The minimum absolute atomic E-state index is 0.456. The minimum Gasteiger partial charge on any atom is -0.481 e. The van der Waals surface area contributed by atoms with Crippen molar-refractivity contribution in [3.05, 3.63) is 0 Å². The molecule has 0 heterocycles. The van der Waals surface area contributed by atoms with E-state index in [0.29, 0.717) is 19.3 Å². The van der Waals surface area contributed by atoms with Gasteiger partial charge in [-0.3, -0.25) is 4.79 Å². The van der Waals surface area contributed by atoms with Crippen LogP contribution in [-0.4, -0.2) is 22.3 Å². The number of aliphatic hydroxyl groups is 1. The number of aliphatic hydroxyl groups excluding tert-OH is 1. The van der Waals surface area contributed by atoms with Crippen LogP contribution in [0.25, 0.3) is 0 Å². The summed E-state index contributed by atoms with van der Waals surface area (Å²) < 4.78 is 0. The fourth-order valence-corrected chi connectivity index (χ4v) is 0.828. The normalized spacial score (nSPS) is 14.8. The molecule has 12 heavy (non-hydrogen) atoms. The summed E-state index contributed by atoms with van der Waals surface area (Å²) >= 11 is 0. The van der Waals surface area contributed by atoms with Crippen LogP contribution in [0.15, 0.2) is 0 Å². The lowest BCUT2D eigenvalue weighted by Gasteiger charge is -2.13. The predicted octanol–water partition coefficient (Wildman–Crippen LogP) is 0.871. The Hall–Kier alpha value is -1.01. The fraction of sp³-hybridized carbons (Fsp3) is 0.667. The predicted molar refractivity (Wildman–Crippen MR) is 45.5 cm³/mol. The number of unbranched alkanes of at least 4 members (excludes halogenated alkanes) is 1. The summed E-state index contributed by atoms with van der Waals surface area (Å²) in [6.45, 7) is 1.49. The van der Waals surface area contributed by atoms with Crippen LogP contribution in [0.2, 0.25) is 0 Å². The molecule has 0 saturated carbocycles. The summed E-state index contributed by atoms with van der Waals surface area (Å²) in [4.78, 5) is 10.4. The van der Waals surface area contributed by atoms with E-state index >= 15 is 0 Å². The summed E-state index contributed by atoms with van der Waals surface area (Å²) in [5, 5.41) is 17.8. The highest BCUT2D eigenvalue weighted by molar-refractivity contribution is 5.70. The van der Waals surface area contributed by atoms with Gasteiger partial charge < -0.3 is 10.2 Å². The molecule has 0 aromatic carbocycles. The van der Waals surface area contributed by atoms with Gasteiger partial charge in [-0.15, -0.1) is 12.3 Å². The van der Waals surface area contributed by atoms with Crippen molar-refractivity contribution < 1.29 is 15.0 Å². The Balaban J connectivity index is 3.65. The van der Waals surface area contributed by atoms with Gasteiger partial charge in [0.15, 0.2) is 0 Å². The van der Waals surface area contributed by atoms with Crippen molar-refractivity contribution >= 4 is 5.97 Å². The number of carboxylic acid groups (broad SMARTS) is 1. The van der Waals surface area contributed by atoms with Gasteiger partial charge in [0.25, 0.3) is 0 Å². The molecule has 2 atom stereocenters. The van der Waals surface area contributed by atoms with Crippen LogP contribution in [-0.2, 0) is 4.79 Å². The van der Waals surface area contributed by atoms with E-state index in [2.05, 4.69) is 5.92 Å². The molecule has 0 aromatic heterocycles. The Morgan fingerprint density at radius 3 is 2.67 bits per heavy atom. The SMILES string of the molecule is C#CCCCC(O)C(C)C(=O)O. The molecule has 2 N–H and O–H groups in total. The van der Waals surface area contributed by atoms with E-state index in [9.17, 15) is 9.90 Å². The van der Waals surface area contributed by atoms with Crippen molar-refractivity contribution in [1.82, 2.24) is 0 Å². The van der Waals surface area contributed by atoms with Crippen molar-refractivity contribution in [3.63, 3.8) is 0 Å². The fourth-order valence-electron chi connectivity index (χ4n) is 0.828. The van der Waals surface area contributed by atoms with Crippen LogP contribution >= 0.6 is 0 Å². The highest BCUT2D eigenvalue weighted by Gasteiger charge is 2.20. The Bertz CT molecular complexity index is 181. The maximum Gasteiger partial charge on any atom is 0.308 e. The molecule has 0 aliphatic carbocycles. The van der Waals surface area contributed by atoms with Crippen LogP contribution in [0.4, 0.5) is 0 Å². The number of carbonyl (C=O) groups is 1. The van der Waals surface area contributed by atoms with E-state index in [0.717, 1.165) is 0 Å².